The van der Waals surface area contributed by atoms with Gasteiger partial charge in [-0.25, -0.2) is 0 Å². The number of likely N-dealkylation sites (tertiary alicyclic amines) is 1. The molecule has 0 radical (unpaired) electrons. The fourth-order valence-corrected chi connectivity index (χ4v) is 4.22. The molecule has 1 fully saturated rings. The number of rotatable bonds is 7. The van der Waals surface area contributed by atoms with Crippen molar-refractivity contribution in [2.75, 3.05) is 19.8 Å². The van der Waals surface area contributed by atoms with Crippen LogP contribution in [0, 0.1) is 0 Å². The molecule has 1 N–H and O–H groups in total. The minimum absolute atomic E-state index is 0.0920. The molecule has 1 saturated heterocycles. The van der Waals surface area contributed by atoms with Gasteiger partial charge in [-0.2, -0.15) is 0 Å². The predicted octanol–water partition coefficient (Wildman–Crippen LogP) is 3.64. The first kappa shape index (κ1) is 22.0. The van der Waals surface area contributed by atoms with Crippen molar-refractivity contribution >= 4 is 17.4 Å². The van der Waals surface area contributed by atoms with E-state index >= 15 is 0 Å². The highest BCUT2D eigenvalue weighted by molar-refractivity contribution is 6.46. The van der Waals surface area contributed by atoms with Crippen LogP contribution < -0.4 is 4.74 Å². The molecular formula is C25H28N2O5. The monoisotopic (exact) mass is 436 g/mol. The van der Waals surface area contributed by atoms with E-state index in [4.69, 9.17) is 9.47 Å². The van der Waals surface area contributed by atoms with Crippen LogP contribution in [0.15, 0.2) is 48.3 Å². The van der Waals surface area contributed by atoms with Gasteiger partial charge in [0.15, 0.2) is 0 Å². The number of nitrogens with zero attached hydrogens (tertiary/aromatic N) is 2. The average molecular weight is 437 g/mol. The number of hydrogen-bond acceptors (Lipinski definition) is 6. The summed E-state index contributed by atoms with van der Waals surface area (Å²) in [7, 11) is 0. The number of Topliss-reactive ketones (excluding diaryl/α,β-unsaturated/α-hetero) is 1. The normalized spacial score (nSPS) is 19.8. The Kier molecular flexibility index (Phi) is 6.55. The zero-order valence-electron chi connectivity index (χ0n) is 18.4. The van der Waals surface area contributed by atoms with E-state index < -0.39 is 17.7 Å². The highest BCUT2D eigenvalue weighted by atomic mass is 16.5. The summed E-state index contributed by atoms with van der Waals surface area (Å²) in [6.07, 6.45) is 5.66. The molecule has 4 rings (SSSR count). The number of aliphatic hydroxyl groups excluding tert-OH is 1. The number of amides is 1. The summed E-state index contributed by atoms with van der Waals surface area (Å²) >= 11 is 0. The number of fused-ring (bicyclic) bond motifs is 1. The Labute approximate surface area is 187 Å². The van der Waals surface area contributed by atoms with Gasteiger partial charge in [-0.15, -0.1) is 0 Å². The van der Waals surface area contributed by atoms with Gasteiger partial charge in [-0.1, -0.05) is 0 Å². The van der Waals surface area contributed by atoms with E-state index in [-0.39, 0.29) is 17.4 Å². The second-order valence-corrected chi connectivity index (χ2v) is 8.32. The molecule has 0 bridgehead atoms. The molecule has 7 heteroatoms. The summed E-state index contributed by atoms with van der Waals surface area (Å²) in [6, 6.07) is 8.24. The lowest BCUT2D eigenvalue weighted by Crippen LogP contribution is -2.31. The van der Waals surface area contributed by atoms with Gasteiger partial charge in [0.1, 0.15) is 11.5 Å². The zero-order valence-corrected chi connectivity index (χ0v) is 18.4. The third kappa shape index (κ3) is 4.39. The van der Waals surface area contributed by atoms with Crippen LogP contribution >= 0.6 is 0 Å². The van der Waals surface area contributed by atoms with E-state index in [9.17, 15) is 14.7 Å². The lowest BCUT2D eigenvalue weighted by molar-refractivity contribution is -0.140. The van der Waals surface area contributed by atoms with Crippen molar-refractivity contribution < 1.29 is 24.2 Å². The van der Waals surface area contributed by atoms with Crippen molar-refractivity contribution in [1.82, 2.24) is 9.88 Å². The largest absolute Gasteiger partial charge is 0.507 e. The Morgan fingerprint density at radius 3 is 2.78 bits per heavy atom. The molecule has 1 aromatic heterocycles. The SMILES string of the molecule is CC(C)OCCCN1C(=O)C(=O)/C(=C(\O)c2ccc3c(c2)CCCO3)C1c1ccncc1. The highest BCUT2D eigenvalue weighted by Crippen LogP contribution is 2.40. The molecule has 2 aromatic rings. The van der Waals surface area contributed by atoms with E-state index in [0.717, 1.165) is 29.7 Å². The third-order valence-electron chi connectivity index (χ3n) is 5.74. The molecule has 32 heavy (non-hydrogen) atoms. The Hall–Kier alpha value is -3.19. The quantitative estimate of drug-likeness (QED) is 0.309. The van der Waals surface area contributed by atoms with Crippen LogP contribution in [0.25, 0.3) is 5.76 Å². The second-order valence-electron chi connectivity index (χ2n) is 8.32. The zero-order chi connectivity index (χ0) is 22.7. The lowest BCUT2D eigenvalue weighted by atomic mass is 9.94. The summed E-state index contributed by atoms with van der Waals surface area (Å²) in [5.41, 5.74) is 2.32. The van der Waals surface area contributed by atoms with Crippen LogP contribution in [0.3, 0.4) is 0 Å². The fourth-order valence-electron chi connectivity index (χ4n) is 4.22. The minimum atomic E-state index is -0.678. The first-order valence-electron chi connectivity index (χ1n) is 11.0. The van der Waals surface area contributed by atoms with Crippen molar-refractivity contribution in [1.29, 1.82) is 0 Å². The van der Waals surface area contributed by atoms with Gasteiger partial charge < -0.3 is 19.5 Å². The average Bonchev–Trinajstić information content (AvgIpc) is 3.06. The number of hydrogen-bond donors (Lipinski definition) is 1. The van der Waals surface area contributed by atoms with E-state index in [1.54, 1.807) is 30.6 Å². The Morgan fingerprint density at radius 1 is 1.25 bits per heavy atom. The summed E-state index contributed by atoms with van der Waals surface area (Å²) < 4.78 is 11.3. The van der Waals surface area contributed by atoms with Crippen LogP contribution in [-0.4, -0.2) is 52.5 Å². The molecule has 2 aliphatic heterocycles. The highest BCUT2D eigenvalue weighted by Gasteiger charge is 2.45. The molecule has 2 aliphatic rings. The maximum atomic E-state index is 13.1. The molecule has 168 valence electrons. The molecule has 0 saturated carbocycles. The van der Waals surface area contributed by atoms with E-state index in [0.29, 0.717) is 31.7 Å². The maximum absolute atomic E-state index is 13.1. The minimum Gasteiger partial charge on any atom is -0.507 e. The Morgan fingerprint density at radius 2 is 2.03 bits per heavy atom. The molecule has 0 aliphatic carbocycles. The van der Waals surface area contributed by atoms with E-state index in [2.05, 4.69) is 4.98 Å². The molecule has 1 unspecified atom stereocenters. The van der Waals surface area contributed by atoms with Crippen molar-refractivity contribution in [3.05, 3.63) is 65.0 Å². The van der Waals surface area contributed by atoms with Gasteiger partial charge in [0.25, 0.3) is 11.7 Å². The Balaban J connectivity index is 1.72. The number of aromatic nitrogens is 1. The van der Waals surface area contributed by atoms with Crippen LogP contribution in [0.1, 0.15) is 49.4 Å². The van der Waals surface area contributed by atoms with Gasteiger partial charge >= 0.3 is 0 Å². The van der Waals surface area contributed by atoms with Crippen LogP contribution in [-0.2, 0) is 20.7 Å². The molecule has 1 atom stereocenters. The molecule has 1 amide bonds. The number of ketones is 1. The van der Waals surface area contributed by atoms with Gasteiger partial charge in [-0.05, 0) is 74.6 Å². The lowest BCUT2D eigenvalue weighted by Gasteiger charge is -2.25. The fraction of sp³-hybridized carbons (Fsp3) is 0.400. The molecule has 0 spiro atoms. The number of ether oxygens (including phenoxy) is 2. The number of aliphatic hydroxyl groups is 1. The van der Waals surface area contributed by atoms with Crippen molar-refractivity contribution in [2.45, 2.75) is 45.3 Å². The predicted molar refractivity (Wildman–Crippen MR) is 119 cm³/mol. The first-order chi connectivity index (χ1) is 15.5. The number of carbonyl (C=O) groups excluding carboxylic acids is 2. The third-order valence-corrected chi connectivity index (χ3v) is 5.74. The van der Waals surface area contributed by atoms with Crippen LogP contribution in [0.5, 0.6) is 5.75 Å². The second kappa shape index (κ2) is 9.53. The molecule has 3 heterocycles. The molecule has 1 aromatic carbocycles. The Bertz CT molecular complexity index is 1030. The van der Waals surface area contributed by atoms with Crippen molar-refractivity contribution in [3.63, 3.8) is 0 Å². The first-order valence-corrected chi connectivity index (χ1v) is 11.0. The van der Waals surface area contributed by atoms with Gasteiger partial charge in [-0.3, -0.25) is 14.6 Å². The summed E-state index contributed by atoms with van der Waals surface area (Å²) in [4.78, 5) is 31.6. The number of pyridine rings is 1. The van der Waals surface area contributed by atoms with Crippen LogP contribution in [0.2, 0.25) is 0 Å². The van der Waals surface area contributed by atoms with Gasteiger partial charge in [0.2, 0.25) is 0 Å². The standard InChI is InChI=1S/C25H28N2O5/c1-16(2)31-14-4-12-27-22(17-8-10-26-11-9-17)21(24(29)25(27)30)23(28)19-6-7-20-18(15-19)5-3-13-32-20/h6-11,15-16,22,28H,3-5,12-14H2,1-2H3/b23-21-. The molecule has 7 nitrogen and oxygen atoms in total. The van der Waals surface area contributed by atoms with Crippen LogP contribution in [0.4, 0.5) is 0 Å². The van der Waals surface area contributed by atoms with Gasteiger partial charge in [0, 0.05) is 31.1 Å². The smallest absolute Gasteiger partial charge is 0.295 e. The van der Waals surface area contributed by atoms with Crippen molar-refractivity contribution in [3.8, 4) is 5.75 Å². The van der Waals surface area contributed by atoms with E-state index in [1.807, 2.05) is 26.0 Å². The van der Waals surface area contributed by atoms with Crippen molar-refractivity contribution in [2.24, 2.45) is 0 Å². The number of aryl methyl sites for hydroxylation is 1. The summed E-state index contributed by atoms with van der Waals surface area (Å²) in [5.74, 6) is -0.661. The number of benzene rings is 1. The number of carbonyl (C=O) groups is 2. The summed E-state index contributed by atoms with van der Waals surface area (Å²) in [5, 5.41) is 11.2. The molecular weight excluding hydrogens is 408 g/mol. The maximum Gasteiger partial charge on any atom is 0.295 e. The van der Waals surface area contributed by atoms with E-state index in [1.165, 1.54) is 4.90 Å². The summed E-state index contributed by atoms with van der Waals surface area (Å²) in [6.45, 7) is 5.40. The topological polar surface area (TPSA) is 89.0 Å². The van der Waals surface area contributed by atoms with Gasteiger partial charge in [0.05, 0.1) is 24.3 Å².